The summed E-state index contributed by atoms with van der Waals surface area (Å²) >= 11 is 6.53. The summed E-state index contributed by atoms with van der Waals surface area (Å²) in [7, 11) is 0. The summed E-state index contributed by atoms with van der Waals surface area (Å²) in [4.78, 5) is 30.3. The maximum Gasteiger partial charge on any atom is 0.197 e. The van der Waals surface area contributed by atoms with Gasteiger partial charge in [-0.3, -0.25) is 9.59 Å². The minimum atomic E-state index is -1.45. The zero-order chi connectivity index (χ0) is 31.5. The van der Waals surface area contributed by atoms with E-state index < -0.39 is 34.4 Å². The van der Waals surface area contributed by atoms with Crippen LogP contribution in [-0.2, 0) is 0 Å². The first-order valence-corrected chi connectivity index (χ1v) is 17.5. The second-order valence-electron chi connectivity index (χ2n) is 12.9. The predicted molar refractivity (Wildman–Crippen MR) is 173 cm³/mol. The van der Waals surface area contributed by atoms with Gasteiger partial charge >= 0.3 is 0 Å². The van der Waals surface area contributed by atoms with E-state index >= 15 is 0 Å². The quantitative estimate of drug-likeness (QED) is 0.327. The number of carbonyl (C=O) groups excluding carboxylic acids is 2. The Hall–Kier alpha value is -1.56. The molecule has 0 aliphatic carbocycles. The molecule has 2 aromatic rings. The molecule has 4 fully saturated rings. The van der Waals surface area contributed by atoms with Gasteiger partial charge in [-0.1, -0.05) is 44.7 Å². The van der Waals surface area contributed by atoms with E-state index in [1.165, 1.54) is 43.5 Å². The van der Waals surface area contributed by atoms with E-state index in [2.05, 4.69) is 41.7 Å². The van der Waals surface area contributed by atoms with Gasteiger partial charge < -0.3 is 20.0 Å². The molecule has 0 bridgehead atoms. The van der Waals surface area contributed by atoms with Crippen LogP contribution in [0, 0.1) is 11.6 Å². The molecule has 4 aliphatic heterocycles. The van der Waals surface area contributed by atoms with Gasteiger partial charge in [0.15, 0.2) is 11.6 Å². The van der Waals surface area contributed by atoms with Crippen LogP contribution < -0.4 is 0 Å². The highest BCUT2D eigenvalue weighted by Gasteiger charge is 2.44. The van der Waals surface area contributed by atoms with Gasteiger partial charge in [0.1, 0.15) is 22.8 Å². The number of rotatable bonds is 4. The molecule has 2 N–H and O–H groups in total. The first-order valence-electron chi connectivity index (χ1n) is 15.9. The van der Waals surface area contributed by atoms with E-state index in [0.717, 1.165) is 51.7 Å². The summed E-state index contributed by atoms with van der Waals surface area (Å²) in [6.07, 6.45) is 10.1. The van der Waals surface area contributed by atoms with Crippen LogP contribution in [0.5, 0.6) is 0 Å². The molecule has 0 saturated carbocycles. The van der Waals surface area contributed by atoms with Gasteiger partial charge in [-0.25, -0.2) is 8.78 Å². The summed E-state index contributed by atoms with van der Waals surface area (Å²) in [5.74, 6) is -2.08. The highest BCUT2D eigenvalue weighted by atomic mass is 79.9. The van der Waals surface area contributed by atoms with Crippen molar-refractivity contribution in [3.63, 3.8) is 0 Å². The lowest BCUT2D eigenvalue weighted by Gasteiger charge is -2.36. The highest BCUT2D eigenvalue weighted by Crippen LogP contribution is 2.36. The van der Waals surface area contributed by atoms with Crippen LogP contribution in [0.4, 0.5) is 8.78 Å². The zero-order valence-electron chi connectivity index (χ0n) is 25.0. The van der Waals surface area contributed by atoms with Gasteiger partial charge in [0.05, 0.1) is 11.1 Å². The molecule has 4 atom stereocenters. The second kappa shape index (κ2) is 14.5. The number of hydrogen-bond acceptors (Lipinski definition) is 6. The maximum atomic E-state index is 14.0. The van der Waals surface area contributed by atoms with Gasteiger partial charge in [0.25, 0.3) is 0 Å². The number of piperidine rings is 2. The Balaban J connectivity index is 0.000000175. The predicted octanol–water partition coefficient (Wildman–Crippen LogP) is 7.08. The van der Waals surface area contributed by atoms with Gasteiger partial charge in [0, 0.05) is 27.6 Å². The molecule has 0 aromatic heterocycles. The normalized spacial score (nSPS) is 29.7. The van der Waals surface area contributed by atoms with Crippen LogP contribution >= 0.6 is 31.9 Å². The number of benzene rings is 2. The Bertz CT molecular complexity index is 1340. The summed E-state index contributed by atoms with van der Waals surface area (Å²) in [6, 6.07) is 9.29. The fourth-order valence-corrected chi connectivity index (χ4v) is 8.19. The Morgan fingerprint density at radius 2 is 1.18 bits per heavy atom. The van der Waals surface area contributed by atoms with E-state index in [1.807, 2.05) is 0 Å². The number of hydrogen-bond donors (Lipinski definition) is 2. The fourth-order valence-electron chi connectivity index (χ4n) is 7.47. The average Bonchev–Trinajstić information content (AvgIpc) is 3.31. The van der Waals surface area contributed by atoms with Crippen LogP contribution in [0.3, 0.4) is 0 Å². The molecule has 10 heteroatoms. The third-order valence-corrected chi connectivity index (χ3v) is 11.0. The summed E-state index contributed by atoms with van der Waals surface area (Å²) < 4.78 is 29.3. The molecule has 4 heterocycles. The monoisotopic (exact) mass is 738 g/mol. The van der Waals surface area contributed by atoms with Crippen molar-refractivity contribution in [2.45, 2.75) is 100 Å². The Kier molecular flexibility index (Phi) is 11.1. The van der Waals surface area contributed by atoms with Gasteiger partial charge in [-0.05, 0) is 120 Å². The lowest BCUT2D eigenvalue weighted by Crippen LogP contribution is -2.46. The molecule has 0 amide bonds. The number of ketones is 2. The first-order chi connectivity index (χ1) is 21.0. The molecule has 2 aromatic carbocycles. The molecule has 4 unspecified atom stereocenters. The highest BCUT2D eigenvalue weighted by molar-refractivity contribution is 9.10. The van der Waals surface area contributed by atoms with Crippen LogP contribution in [0.2, 0.25) is 0 Å². The van der Waals surface area contributed by atoms with E-state index in [9.17, 15) is 28.6 Å². The van der Waals surface area contributed by atoms with Crippen molar-refractivity contribution in [3.8, 4) is 0 Å². The topological polar surface area (TPSA) is 81.1 Å². The number of nitrogens with zero attached hydrogens (tertiary/aromatic N) is 2. The maximum absolute atomic E-state index is 14.0. The molecular formula is C34H42Br2F2N2O4. The fraction of sp³-hybridized carbons (Fsp3) is 0.588. The van der Waals surface area contributed by atoms with Crippen molar-refractivity contribution in [3.05, 3.63) is 68.1 Å². The molecule has 0 radical (unpaired) electrons. The van der Waals surface area contributed by atoms with Crippen molar-refractivity contribution >= 4 is 43.4 Å². The van der Waals surface area contributed by atoms with Gasteiger partial charge in [-0.15, -0.1) is 0 Å². The number of aliphatic hydroxyl groups is 2. The molecule has 240 valence electrons. The molecule has 4 aliphatic rings. The largest absolute Gasteiger partial charge is 0.382 e. The molecule has 4 saturated heterocycles. The van der Waals surface area contributed by atoms with Crippen LogP contribution in [0.1, 0.15) is 97.8 Å². The SMILES string of the molecule is O=C(c1cc(Br)ccc1F)C1(O)CCC2CCCCN2CC1.O=C(c1cc(Br)ccc1F)C1(O)CCCN2CCCCC2C1. The summed E-state index contributed by atoms with van der Waals surface area (Å²) in [5.41, 5.74) is -2.92. The summed E-state index contributed by atoms with van der Waals surface area (Å²) in [6.45, 7) is 3.71. The van der Waals surface area contributed by atoms with Crippen molar-refractivity contribution in [1.82, 2.24) is 9.80 Å². The lowest BCUT2D eigenvalue weighted by atomic mass is 9.82. The van der Waals surface area contributed by atoms with Crippen molar-refractivity contribution in [2.24, 2.45) is 0 Å². The first kappa shape index (κ1) is 33.8. The standard InChI is InChI=1S/2C17H21BrFNO2/c18-12-5-6-15(19)14(10-12)16(21)17(22)7-3-9-20-8-2-1-4-13(20)11-17;18-12-4-5-15(19)14(11-12)16(21)17(22)7-6-13-3-1-2-9-20(13)10-8-17/h5-6,10,13,22H,1-4,7-9,11H2;4-5,11,13,22H,1-3,6-10H2. The third-order valence-electron chi connectivity index (χ3n) is 10.0. The van der Waals surface area contributed by atoms with Crippen molar-refractivity contribution in [1.29, 1.82) is 0 Å². The number of carbonyl (C=O) groups is 2. The van der Waals surface area contributed by atoms with Crippen LogP contribution in [0.15, 0.2) is 45.3 Å². The van der Waals surface area contributed by atoms with Crippen LogP contribution in [0.25, 0.3) is 0 Å². The third kappa shape index (κ3) is 7.69. The molecular weight excluding hydrogens is 698 g/mol. The molecule has 0 spiro atoms. The Morgan fingerprint density at radius 1 is 0.659 bits per heavy atom. The number of Topliss-reactive ketones (excluding diaryl/α,β-unsaturated/α-hetero) is 2. The average molecular weight is 741 g/mol. The van der Waals surface area contributed by atoms with Crippen LogP contribution in [-0.4, -0.2) is 81.0 Å². The van der Waals surface area contributed by atoms with E-state index in [-0.39, 0.29) is 17.2 Å². The Labute approximate surface area is 275 Å². The minimum Gasteiger partial charge on any atom is -0.382 e. The van der Waals surface area contributed by atoms with Gasteiger partial charge in [-0.2, -0.15) is 0 Å². The van der Waals surface area contributed by atoms with Crippen molar-refractivity contribution < 1.29 is 28.6 Å². The zero-order valence-corrected chi connectivity index (χ0v) is 28.2. The number of fused-ring (bicyclic) bond motifs is 2. The number of halogens is 4. The lowest BCUT2D eigenvalue weighted by molar-refractivity contribution is 0.0124. The molecule has 6 rings (SSSR count). The van der Waals surface area contributed by atoms with E-state index in [4.69, 9.17) is 0 Å². The minimum absolute atomic E-state index is 0.0128. The molecule has 6 nitrogen and oxygen atoms in total. The Morgan fingerprint density at radius 3 is 1.80 bits per heavy atom. The van der Waals surface area contributed by atoms with E-state index in [1.54, 1.807) is 12.1 Å². The summed E-state index contributed by atoms with van der Waals surface area (Å²) in [5, 5.41) is 21.8. The van der Waals surface area contributed by atoms with Crippen molar-refractivity contribution in [2.75, 3.05) is 26.2 Å². The van der Waals surface area contributed by atoms with E-state index in [0.29, 0.717) is 47.2 Å². The van der Waals surface area contributed by atoms with Gasteiger partial charge in [0.2, 0.25) is 0 Å². The molecule has 44 heavy (non-hydrogen) atoms. The second-order valence-corrected chi connectivity index (χ2v) is 14.8. The smallest absolute Gasteiger partial charge is 0.197 e.